The number of imide groups is 1. The summed E-state index contributed by atoms with van der Waals surface area (Å²) in [5, 5.41) is 10.4. The van der Waals surface area contributed by atoms with Crippen molar-refractivity contribution in [2.75, 3.05) is 12.3 Å². The number of rotatable bonds is 4. The van der Waals surface area contributed by atoms with Crippen molar-refractivity contribution in [2.24, 2.45) is 11.0 Å². The van der Waals surface area contributed by atoms with E-state index in [9.17, 15) is 14.4 Å². The number of carbonyl (C=O) groups is 3. The Morgan fingerprint density at radius 3 is 2.66 bits per heavy atom. The van der Waals surface area contributed by atoms with Crippen molar-refractivity contribution in [1.29, 1.82) is 0 Å². The molecule has 1 aromatic carbocycles. The van der Waals surface area contributed by atoms with Gasteiger partial charge in [-0.2, -0.15) is 5.10 Å². The minimum Gasteiger partial charge on any atom is -0.398 e. The number of thiophene rings is 2. The minimum absolute atomic E-state index is 0.0791. The number of allylic oxidation sites excluding steroid dienone is 1. The van der Waals surface area contributed by atoms with E-state index in [1.807, 2.05) is 29.0 Å². The van der Waals surface area contributed by atoms with Crippen molar-refractivity contribution < 1.29 is 14.4 Å². The molecule has 35 heavy (non-hydrogen) atoms. The van der Waals surface area contributed by atoms with Crippen LogP contribution in [0.3, 0.4) is 0 Å². The lowest BCUT2D eigenvalue weighted by Crippen LogP contribution is -2.41. The summed E-state index contributed by atoms with van der Waals surface area (Å²) >= 11 is 3.26. The molecule has 0 spiro atoms. The van der Waals surface area contributed by atoms with Crippen LogP contribution in [0.5, 0.6) is 0 Å². The second-order valence-electron chi connectivity index (χ2n) is 8.83. The fourth-order valence-electron chi connectivity index (χ4n) is 5.20. The highest BCUT2D eigenvalue weighted by molar-refractivity contribution is 7.11. The van der Waals surface area contributed by atoms with Crippen molar-refractivity contribution in [2.45, 2.75) is 25.3 Å². The standard InChI is InChI=1S/C26H22N4O3S2/c27-19-9-2-7-17-22(19)26(33)29(25(17)32)14-21(31)30-24(20-10-4-12-35-20)18-8-1-5-15(23(18)28-30)13-16-6-3-11-34-16/h2-4,6-7,9-13,18,24H,1,5,8,14,27H2/b15-13+. The first-order valence-electron chi connectivity index (χ1n) is 11.5. The van der Waals surface area contributed by atoms with Crippen molar-refractivity contribution in [3.8, 4) is 0 Å². The van der Waals surface area contributed by atoms with E-state index in [0.717, 1.165) is 45.2 Å². The number of amides is 3. The fraction of sp³-hybridized carbons (Fsp3) is 0.231. The molecule has 2 atom stereocenters. The number of carbonyl (C=O) groups excluding carboxylic acids is 3. The average molecular weight is 503 g/mol. The molecule has 2 N–H and O–H groups in total. The first-order chi connectivity index (χ1) is 17.0. The third-order valence-electron chi connectivity index (χ3n) is 6.78. The monoisotopic (exact) mass is 502 g/mol. The maximum atomic E-state index is 13.6. The van der Waals surface area contributed by atoms with E-state index in [-0.39, 0.29) is 41.2 Å². The molecule has 0 bridgehead atoms. The molecule has 0 saturated heterocycles. The summed E-state index contributed by atoms with van der Waals surface area (Å²) in [5.74, 6) is -1.34. The maximum Gasteiger partial charge on any atom is 0.264 e. The summed E-state index contributed by atoms with van der Waals surface area (Å²) in [4.78, 5) is 42.7. The zero-order valence-electron chi connectivity index (χ0n) is 18.7. The number of nitrogens with two attached hydrogens (primary N) is 1. The molecule has 176 valence electrons. The molecule has 7 nitrogen and oxygen atoms in total. The van der Waals surface area contributed by atoms with E-state index in [1.54, 1.807) is 40.9 Å². The molecule has 0 radical (unpaired) electrons. The zero-order valence-corrected chi connectivity index (χ0v) is 20.3. The number of nitrogen functional groups attached to an aromatic ring is 1. The molecule has 6 rings (SSSR count). The van der Waals surface area contributed by atoms with Gasteiger partial charge in [0.15, 0.2) is 0 Å². The molecule has 3 aliphatic rings. The number of hydrazone groups is 1. The van der Waals surface area contributed by atoms with Gasteiger partial charge in [0.2, 0.25) is 0 Å². The number of fused-ring (bicyclic) bond motifs is 2. The number of hydrogen-bond acceptors (Lipinski definition) is 7. The highest BCUT2D eigenvalue weighted by atomic mass is 32.1. The van der Waals surface area contributed by atoms with Gasteiger partial charge < -0.3 is 5.73 Å². The summed E-state index contributed by atoms with van der Waals surface area (Å²) in [7, 11) is 0. The van der Waals surface area contributed by atoms with E-state index in [2.05, 4.69) is 12.1 Å². The summed E-state index contributed by atoms with van der Waals surface area (Å²) in [6, 6.07) is 12.6. The second kappa shape index (κ2) is 8.58. The lowest BCUT2D eigenvalue weighted by Gasteiger charge is -2.29. The molecule has 2 aliphatic heterocycles. The molecular weight excluding hydrogens is 480 g/mol. The van der Waals surface area contributed by atoms with Gasteiger partial charge in [-0.25, -0.2) is 5.01 Å². The number of anilines is 1. The van der Waals surface area contributed by atoms with Gasteiger partial charge in [-0.05, 0) is 65.9 Å². The van der Waals surface area contributed by atoms with E-state index >= 15 is 0 Å². The quantitative estimate of drug-likeness (QED) is 0.409. The minimum atomic E-state index is -0.535. The molecule has 9 heteroatoms. The van der Waals surface area contributed by atoms with E-state index < -0.39 is 11.8 Å². The van der Waals surface area contributed by atoms with Crippen LogP contribution in [0.25, 0.3) is 6.08 Å². The number of benzene rings is 1. The van der Waals surface area contributed by atoms with Crippen LogP contribution in [0.1, 0.15) is 55.8 Å². The van der Waals surface area contributed by atoms with Crippen LogP contribution in [0.15, 0.2) is 63.9 Å². The molecule has 1 fully saturated rings. The molecule has 2 unspecified atom stereocenters. The first kappa shape index (κ1) is 21.9. The maximum absolute atomic E-state index is 13.6. The van der Waals surface area contributed by atoms with Crippen LogP contribution >= 0.6 is 22.7 Å². The topological polar surface area (TPSA) is 96.1 Å². The lowest BCUT2D eigenvalue weighted by molar-refractivity contribution is -0.133. The van der Waals surface area contributed by atoms with Crippen LogP contribution in [0.4, 0.5) is 5.69 Å². The third kappa shape index (κ3) is 3.62. The van der Waals surface area contributed by atoms with Crippen molar-refractivity contribution in [3.05, 3.63) is 79.7 Å². The zero-order chi connectivity index (χ0) is 24.1. The molecule has 4 heterocycles. The van der Waals surface area contributed by atoms with E-state index in [4.69, 9.17) is 10.8 Å². The Labute approximate surface area is 210 Å². The highest BCUT2D eigenvalue weighted by Crippen LogP contribution is 2.45. The van der Waals surface area contributed by atoms with Crippen LogP contribution in [-0.2, 0) is 4.79 Å². The third-order valence-corrected chi connectivity index (χ3v) is 8.54. The van der Waals surface area contributed by atoms with Gasteiger partial charge in [-0.1, -0.05) is 18.2 Å². The largest absolute Gasteiger partial charge is 0.398 e. The van der Waals surface area contributed by atoms with Gasteiger partial charge in [0.25, 0.3) is 17.7 Å². The average Bonchev–Trinajstić information content (AvgIpc) is 3.64. The first-order valence-corrected chi connectivity index (χ1v) is 13.2. The molecule has 3 amide bonds. The van der Waals surface area contributed by atoms with Crippen LogP contribution in [-0.4, -0.2) is 39.9 Å². The molecule has 2 aromatic heterocycles. The van der Waals surface area contributed by atoms with Crippen LogP contribution in [0, 0.1) is 5.92 Å². The molecular formula is C26H22N4O3S2. The van der Waals surface area contributed by atoms with Crippen LogP contribution < -0.4 is 5.73 Å². The Kier molecular flexibility index (Phi) is 5.38. The van der Waals surface area contributed by atoms with Gasteiger partial charge in [0, 0.05) is 21.4 Å². The smallest absolute Gasteiger partial charge is 0.264 e. The Bertz CT molecular complexity index is 1390. The highest BCUT2D eigenvalue weighted by Gasteiger charge is 2.46. The van der Waals surface area contributed by atoms with Crippen LogP contribution in [0.2, 0.25) is 0 Å². The molecule has 1 saturated carbocycles. The predicted molar refractivity (Wildman–Crippen MR) is 137 cm³/mol. The Hall–Kier alpha value is -3.56. The fourth-order valence-corrected chi connectivity index (χ4v) is 6.76. The summed E-state index contributed by atoms with van der Waals surface area (Å²) in [6.45, 7) is -0.374. The van der Waals surface area contributed by atoms with E-state index in [1.165, 1.54) is 5.01 Å². The Morgan fingerprint density at radius 1 is 1.09 bits per heavy atom. The normalized spacial score (nSPS) is 22.5. The van der Waals surface area contributed by atoms with Crippen molar-refractivity contribution >= 4 is 57.9 Å². The van der Waals surface area contributed by atoms with Crippen molar-refractivity contribution in [3.63, 3.8) is 0 Å². The summed E-state index contributed by atoms with van der Waals surface area (Å²) in [5.41, 5.74) is 8.68. The van der Waals surface area contributed by atoms with Crippen molar-refractivity contribution in [1.82, 2.24) is 9.91 Å². The molecule has 1 aliphatic carbocycles. The van der Waals surface area contributed by atoms with Gasteiger partial charge in [0.05, 0.1) is 22.9 Å². The lowest BCUT2D eigenvalue weighted by atomic mass is 9.79. The second-order valence-corrected chi connectivity index (χ2v) is 10.8. The molecule has 3 aromatic rings. The van der Waals surface area contributed by atoms with Gasteiger partial charge in [-0.3, -0.25) is 19.3 Å². The summed E-state index contributed by atoms with van der Waals surface area (Å²) < 4.78 is 0. The van der Waals surface area contributed by atoms with Gasteiger partial charge in [-0.15, -0.1) is 22.7 Å². The van der Waals surface area contributed by atoms with Gasteiger partial charge in [0.1, 0.15) is 6.54 Å². The van der Waals surface area contributed by atoms with E-state index in [0.29, 0.717) is 0 Å². The SMILES string of the molecule is Nc1cccc2c1C(=O)N(CC(=O)N1N=C3/C(=C/c4cccs4)CCCC3C1c1cccs1)C2=O. The van der Waals surface area contributed by atoms with Gasteiger partial charge >= 0.3 is 0 Å². The summed E-state index contributed by atoms with van der Waals surface area (Å²) in [6.07, 6.45) is 5.02. The predicted octanol–water partition coefficient (Wildman–Crippen LogP) is 4.81. The Balaban J connectivity index is 1.34. The number of nitrogens with zero attached hydrogens (tertiary/aromatic N) is 3. The Morgan fingerprint density at radius 2 is 1.91 bits per heavy atom. The number of hydrogen-bond donors (Lipinski definition) is 1.